The van der Waals surface area contributed by atoms with E-state index in [0.29, 0.717) is 5.92 Å². The highest BCUT2D eigenvalue weighted by Crippen LogP contribution is 2.47. The summed E-state index contributed by atoms with van der Waals surface area (Å²) in [6.07, 6.45) is 0. The minimum absolute atomic E-state index is 0.286. The normalized spacial score (nSPS) is 14.0. The van der Waals surface area contributed by atoms with Gasteiger partial charge in [-0.05, 0) is 22.3 Å². The van der Waals surface area contributed by atoms with Crippen molar-refractivity contribution in [1.29, 1.82) is 0 Å². The van der Waals surface area contributed by atoms with Crippen molar-refractivity contribution in [2.75, 3.05) is 0 Å². The summed E-state index contributed by atoms with van der Waals surface area (Å²) in [7, 11) is -1.30. The van der Waals surface area contributed by atoms with E-state index >= 15 is 0 Å². The van der Waals surface area contributed by atoms with E-state index in [1.165, 1.54) is 0 Å². The summed E-state index contributed by atoms with van der Waals surface area (Å²) < 4.78 is 0. The highest BCUT2D eigenvalue weighted by Gasteiger charge is 2.38. The van der Waals surface area contributed by atoms with E-state index in [4.69, 9.17) is 0 Å². The third kappa shape index (κ3) is 3.95. The molecule has 0 saturated carbocycles. The molecular formula is C18H32Si. The second kappa shape index (κ2) is 5.09. The maximum atomic E-state index is 2.45. The van der Waals surface area contributed by atoms with Crippen LogP contribution in [-0.4, -0.2) is 8.07 Å². The number of hydrogen-bond acceptors (Lipinski definition) is 0. The molecule has 0 saturated heterocycles. The average molecular weight is 277 g/mol. The van der Waals surface area contributed by atoms with Gasteiger partial charge in [0.1, 0.15) is 0 Å². The lowest BCUT2D eigenvalue weighted by Crippen LogP contribution is -2.44. The van der Waals surface area contributed by atoms with Gasteiger partial charge in [-0.1, -0.05) is 90.6 Å². The van der Waals surface area contributed by atoms with Gasteiger partial charge in [0.25, 0.3) is 0 Å². The molecule has 0 bridgehead atoms. The number of rotatable bonds is 2. The van der Waals surface area contributed by atoms with E-state index in [1.807, 2.05) is 0 Å². The maximum Gasteiger partial charge on any atom is 0.0779 e. The zero-order valence-corrected chi connectivity index (χ0v) is 15.4. The summed E-state index contributed by atoms with van der Waals surface area (Å²) in [5, 5.41) is 1.63. The van der Waals surface area contributed by atoms with Gasteiger partial charge in [-0.25, -0.2) is 0 Å². The lowest BCUT2D eigenvalue weighted by atomic mass is 9.63. The quantitative estimate of drug-likeness (QED) is 0.634. The van der Waals surface area contributed by atoms with Crippen molar-refractivity contribution < 1.29 is 0 Å². The van der Waals surface area contributed by atoms with Crippen molar-refractivity contribution in [3.63, 3.8) is 0 Å². The van der Waals surface area contributed by atoms with E-state index in [9.17, 15) is 0 Å². The van der Waals surface area contributed by atoms with Crippen molar-refractivity contribution in [3.8, 4) is 0 Å². The largest absolute Gasteiger partial charge is 0.0779 e. The van der Waals surface area contributed by atoms with E-state index < -0.39 is 8.07 Å². The molecule has 1 aromatic carbocycles. The lowest BCUT2D eigenvalue weighted by molar-refractivity contribution is 0.177. The van der Waals surface area contributed by atoms with Crippen LogP contribution in [0.15, 0.2) is 24.3 Å². The molecule has 0 aliphatic rings. The van der Waals surface area contributed by atoms with Crippen LogP contribution in [0.4, 0.5) is 0 Å². The average Bonchev–Trinajstić information content (AvgIpc) is 2.11. The highest BCUT2D eigenvalue weighted by molar-refractivity contribution is 6.89. The first kappa shape index (κ1) is 16.5. The predicted molar refractivity (Wildman–Crippen MR) is 91.1 cm³/mol. The Morgan fingerprint density at radius 2 is 1.21 bits per heavy atom. The number of benzene rings is 1. The van der Waals surface area contributed by atoms with Crippen LogP contribution in [0.2, 0.25) is 19.6 Å². The first-order chi connectivity index (χ1) is 8.35. The Hall–Kier alpha value is -0.563. The maximum absolute atomic E-state index is 2.45. The fourth-order valence-corrected chi connectivity index (χ4v) is 5.35. The molecule has 1 aromatic rings. The molecule has 1 heteroatoms. The summed E-state index contributed by atoms with van der Waals surface area (Å²) in [5.41, 5.74) is 2.16. The van der Waals surface area contributed by atoms with Gasteiger partial charge < -0.3 is 0 Å². The Morgan fingerprint density at radius 3 is 1.58 bits per heavy atom. The smallest absolute Gasteiger partial charge is 0.0656 e. The molecule has 0 atom stereocenters. The van der Waals surface area contributed by atoms with Crippen molar-refractivity contribution in [2.45, 2.75) is 67.1 Å². The Labute approximate surface area is 121 Å². The van der Waals surface area contributed by atoms with Crippen molar-refractivity contribution >= 4 is 13.3 Å². The van der Waals surface area contributed by atoms with Gasteiger partial charge in [0, 0.05) is 0 Å². The van der Waals surface area contributed by atoms with E-state index in [1.54, 1.807) is 10.8 Å². The van der Waals surface area contributed by atoms with E-state index in [0.717, 1.165) is 0 Å². The van der Waals surface area contributed by atoms with Crippen molar-refractivity contribution in [1.82, 2.24) is 0 Å². The molecule has 0 radical (unpaired) electrons. The summed E-state index contributed by atoms with van der Waals surface area (Å²) in [6, 6.07) is 9.16. The van der Waals surface area contributed by atoms with Crippen LogP contribution in [0, 0.1) is 10.8 Å². The standard InChI is InChI=1S/C18H32Si/c1-17(2,3)16(18(4,5)6)14-12-10-11-13-15(14)19(7,8)9/h10-13,16H,1-9H3. The monoisotopic (exact) mass is 276 g/mol. The minimum atomic E-state index is -1.30. The predicted octanol–water partition coefficient (Wildman–Crippen LogP) is 5.41. The van der Waals surface area contributed by atoms with Gasteiger partial charge in [-0.15, -0.1) is 0 Å². The fraction of sp³-hybridized carbons (Fsp3) is 0.667. The molecule has 0 aromatic heterocycles. The topological polar surface area (TPSA) is 0 Å². The Kier molecular flexibility index (Phi) is 4.41. The first-order valence-electron chi connectivity index (χ1n) is 7.44. The van der Waals surface area contributed by atoms with Gasteiger partial charge in [-0.3, -0.25) is 0 Å². The summed E-state index contributed by atoms with van der Waals surface area (Å²) in [6.45, 7) is 21.6. The Morgan fingerprint density at radius 1 is 0.789 bits per heavy atom. The fourth-order valence-electron chi connectivity index (χ4n) is 3.66. The zero-order chi connectivity index (χ0) is 15.1. The summed E-state index contributed by atoms with van der Waals surface area (Å²) in [5.74, 6) is 0.586. The molecule has 19 heavy (non-hydrogen) atoms. The lowest BCUT2D eigenvalue weighted by Gasteiger charge is -2.43. The molecule has 0 heterocycles. The molecule has 1 rings (SSSR count). The second-order valence-corrected chi connectivity index (χ2v) is 14.0. The highest BCUT2D eigenvalue weighted by atomic mass is 28.3. The van der Waals surface area contributed by atoms with Crippen LogP contribution >= 0.6 is 0 Å². The third-order valence-electron chi connectivity index (χ3n) is 3.81. The van der Waals surface area contributed by atoms with E-state index in [-0.39, 0.29) is 10.8 Å². The van der Waals surface area contributed by atoms with Gasteiger partial charge >= 0.3 is 0 Å². The van der Waals surface area contributed by atoms with Crippen LogP contribution in [0.3, 0.4) is 0 Å². The molecule has 0 aliphatic carbocycles. The Bertz CT molecular complexity index is 410. The van der Waals surface area contributed by atoms with Gasteiger partial charge in [0.05, 0.1) is 8.07 Å². The molecule has 108 valence electrons. The molecule has 0 N–H and O–H groups in total. The molecule has 0 nitrogen and oxygen atoms in total. The van der Waals surface area contributed by atoms with Crippen LogP contribution in [0.1, 0.15) is 53.0 Å². The van der Waals surface area contributed by atoms with Crippen LogP contribution in [-0.2, 0) is 0 Å². The summed E-state index contributed by atoms with van der Waals surface area (Å²) in [4.78, 5) is 0. The molecule has 0 spiro atoms. The number of hydrogen-bond donors (Lipinski definition) is 0. The van der Waals surface area contributed by atoms with Crippen molar-refractivity contribution in [2.24, 2.45) is 10.8 Å². The molecule has 0 fully saturated rings. The van der Waals surface area contributed by atoms with Gasteiger partial charge in [-0.2, -0.15) is 0 Å². The molecular weight excluding hydrogens is 244 g/mol. The SMILES string of the molecule is CC(C)(C)C(c1ccccc1[Si](C)(C)C)C(C)(C)C. The van der Waals surface area contributed by atoms with Crippen molar-refractivity contribution in [3.05, 3.63) is 29.8 Å². The van der Waals surface area contributed by atoms with Crippen LogP contribution in [0.25, 0.3) is 0 Å². The first-order valence-corrected chi connectivity index (χ1v) is 10.9. The summed E-state index contributed by atoms with van der Waals surface area (Å²) >= 11 is 0. The van der Waals surface area contributed by atoms with E-state index in [2.05, 4.69) is 85.4 Å². The third-order valence-corrected chi connectivity index (χ3v) is 5.88. The van der Waals surface area contributed by atoms with Gasteiger partial charge in [0.15, 0.2) is 0 Å². The molecule has 0 aliphatic heterocycles. The molecule has 0 amide bonds. The second-order valence-electron chi connectivity index (χ2n) is 9.00. The van der Waals surface area contributed by atoms with Crippen LogP contribution < -0.4 is 5.19 Å². The molecule has 0 unspecified atom stereocenters. The Balaban J connectivity index is 3.50. The van der Waals surface area contributed by atoms with Gasteiger partial charge in [0.2, 0.25) is 0 Å². The van der Waals surface area contributed by atoms with Crippen LogP contribution in [0.5, 0.6) is 0 Å². The zero-order valence-electron chi connectivity index (χ0n) is 14.4. The minimum Gasteiger partial charge on any atom is -0.0656 e.